The van der Waals surface area contributed by atoms with E-state index in [0.29, 0.717) is 17.6 Å². The summed E-state index contributed by atoms with van der Waals surface area (Å²) in [5, 5.41) is 10.1. The Balaban J connectivity index is 0.000000211. The molecule has 0 aliphatic heterocycles. The summed E-state index contributed by atoms with van der Waals surface area (Å²) in [5.41, 5.74) is 5.90. The predicted molar refractivity (Wildman–Crippen MR) is 204 cm³/mol. The SMILES string of the molecule is BrB(Br)Br.C.COc1cc(C2CCCCC2)cc(C2CCCCC2)c1.Oc1cc(C2CCCCC2)cc(C2CCCCC2)c1. The number of hydrogen-bond acceptors (Lipinski definition) is 2. The van der Waals surface area contributed by atoms with Crippen LogP contribution in [-0.2, 0) is 0 Å². The Morgan fingerprint density at radius 3 is 1.00 bits per heavy atom. The van der Waals surface area contributed by atoms with Crippen molar-refractivity contribution < 1.29 is 9.84 Å². The number of hydrogen-bond donors (Lipinski definition) is 1. The molecule has 4 aliphatic rings. The Morgan fingerprint density at radius 2 is 0.750 bits per heavy atom. The molecule has 0 aromatic heterocycles. The van der Waals surface area contributed by atoms with Gasteiger partial charge in [0.2, 0.25) is 0 Å². The van der Waals surface area contributed by atoms with Gasteiger partial charge in [-0.25, -0.2) is 0 Å². The van der Waals surface area contributed by atoms with Crippen molar-refractivity contribution in [2.75, 3.05) is 7.11 Å². The van der Waals surface area contributed by atoms with E-state index in [0.717, 1.165) is 17.6 Å². The van der Waals surface area contributed by atoms with Crippen molar-refractivity contribution in [2.24, 2.45) is 0 Å². The molecule has 44 heavy (non-hydrogen) atoms. The lowest BCUT2D eigenvalue weighted by molar-refractivity contribution is 0.404. The van der Waals surface area contributed by atoms with Gasteiger partial charge in [-0.05, 0) is 122 Å². The number of phenolic OH excluding ortho intramolecular Hbond substituents is 1. The maximum absolute atomic E-state index is 10.1. The molecule has 0 heterocycles. The van der Waals surface area contributed by atoms with Crippen molar-refractivity contribution in [1.29, 1.82) is 0 Å². The summed E-state index contributed by atoms with van der Waals surface area (Å²) in [6, 6.07) is 13.5. The van der Waals surface area contributed by atoms with Crippen LogP contribution in [0.5, 0.6) is 11.5 Å². The molecule has 6 rings (SSSR count). The Labute approximate surface area is 295 Å². The van der Waals surface area contributed by atoms with Gasteiger partial charge in [-0.1, -0.05) is 96.6 Å². The Bertz CT molecular complexity index is 994. The highest BCUT2D eigenvalue weighted by Crippen LogP contribution is 2.40. The topological polar surface area (TPSA) is 29.5 Å². The highest BCUT2D eigenvalue weighted by atomic mass is 79.9. The van der Waals surface area contributed by atoms with Crippen LogP contribution in [0.1, 0.15) is 182 Å². The summed E-state index contributed by atoms with van der Waals surface area (Å²) in [6.45, 7) is 0. The third-order valence-corrected chi connectivity index (χ3v) is 10.5. The highest BCUT2D eigenvalue weighted by molar-refractivity contribution is 9.69. The molecule has 0 spiro atoms. The molecule has 0 unspecified atom stereocenters. The minimum Gasteiger partial charge on any atom is -0.508 e. The molecule has 1 N–H and O–H groups in total. The second-order valence-corrected chi connectivity index (χ2v) is 19.9. The number of ether oxygens (including phenoxy) is 1. The first-order valence-electron chi connectivity index (χ1n) is 17.4. The number of aromatic hydroxyl groups is 1. The van der Waals surface area contributed by atoms with Gasteiger partial charge in [-0.2, -0.15) is 0 Å². The number of methoxy groups -OCH3 is 1. The van der Waals surface area contributed by atoms with Crippen LogP contribution < -0.4 is 4.74 Å². The summed E-state index contributed by atoms with van der Waals surface area (Å²) in [4.78, 5) is 0. The van der Waals surface area contributed by atoms with Crippen LogP contribution >= 0.6 is 47.3 Å². The van der Waals surface area contributed by atoms with Crippen molar-refractivity contribution in [1.82, 2.24) is 0 Å². The van der Waals surface area contributed by atoms with E-state index < -0.39 is 0 Å². The standard InChI is InChI=1S/C19H28O.C18H26O.CH4.BBr3/c1-20-19-13-17(15-8-4-2-5-9-15)12-18(14-19)16-10-6-3-7-11-16;19-18-12-16(14-7-3-1-4-8-14)11-17(13-18)15-9-5-2-6-10-15;;2-1(3)4/h12-16H,2-11H2,1H3;11-15,19H,1-10H2;1H4;. The molecule has 2 nitrogen and oxygen atoms in total. The monoisotopic (exact) mass is 794 g/mol. The molecular weight excluding hydrogens is 739 g/mol. The Kier molecular flexibility index (Phi) is 17.9. The van der Waals surface area contributed by atoms with Crippen LogP contribution in [0, 0.1) is 0 Å². The van der Waals surface area contributed by atoms with Gasteiger partial charge < -0.3 is 9.84 Å². The van der Waals surface area contributed by atoms with Crippen molar-refractivity contribution >= 4 is 50.5 Å². The molecule has 0 saturated heterocycles. The molecule has 6 heteroatoms. The summed E-state index contributed by atoms with van der Waals surface area (Å²) < 4.78 is 5.85. The van der Waals surface area contributed by atoms with Gasteiger partial charge in [0.1, 0.15) is 11.5 Å². The Morgan fingerprint density at radius 1 is 0.500 bits per heavy atom. The van der Waals surface area contributed by atoms with E-state index in [2.05, 4.69) is 71.5 Å². The summed E-state index contributed by atoms with van der Waals surface area (Å²) in [5.74, 6) is 4.52. The van der Waals surface area contributed by atoms with E-state index in [1.54, 1.807) is 11.1 Å². The minimum absolute atomic E-state index is 0. The first-order chi connectivity index (χ1) is 20.9. The third-order valence-electron chi connectivity index (χ3n) is 10.5. The minimum atomic E-state index is 0. The quantitative estimate of drug-likeness (QED) is 0.305. The fourth-order valence-corrected chi connectivity index (χ4v) is 8.11. The van der Waals surface area contributed by atoms with Crippen LogP contribution in [-0.4, -0.2) is 15.4 Å². The van der Waals surface area contributed by atoms with Crippen LogP contribution in [0.2, 0.25) is 0 Å². The average Bonchev–Trinajstić information content (AvgIpc) is 3.06. The highest BCUT2D eigenvalue weighted by Gasteiger charge is 2.22. The van der Waals surface area contributed by atoms with Gasteiger partial charge in [0.05, 0.1) is 7.11 Å². The molecule has 0 radical (unpaired) electrons. The van der Waals surface area contributed by atoms with Gasteiger partial charge in [0.15, 0.2) is 0 Å². The maximum atomic E-state index is 10.1. The predicted octanol–water partition coefficient (Wildman–Crippen LogP) is 14.1. The molecule has 246 valence electrons. The van der Waals surface area contributed by atoms with Crippen molar-refractivity contribution in [3.8, 4) is 11.5 Å². The van der Waals surface area contributed by atoms with Crippen LogP contribution in [0.3, 0.4) is 0 Å². The van der Waals surface area contributed by atoms with Crippen LogP contribution in [0.25, 0.3) is 0 Å². The van der Waals surface area contributed by atoms with Gasteiger partial charge in [0.25, 0.3) is 0 Å². The zero-order valence-corrected chi connectivity index (χ0v) is 31.2. The van der Waals surface area contributed by atoms with E-state index in [9.17, 15) is 5.11 Å². The number of phenols is 1. The van der Waals surface area contributed by atoms with E-state index in [1.807, 2.05) is 19.2 Å². The van der Waals surface area contributed by atoms with Gasteiger partial charge >= 0.3 is 3.18 Å². The molecule has 4 fully saturated rings. The zero-order chi connectivity index (χ0) is 30.4. The fraction of sp³-hybridized carbons (Fsp3) is 0.684. The molecule has 4 saturated carbocycles. The van der Waals surface area contributed by atoms with E-state index in [4.69, 9.17) is 4.74 Å². The van der Waals surface area contributed by atoms with Gasteiger partial charge in [0, 0.05) is 0 Å². The molecule has 0 amide bonds. The number of benzene rings is 2. The third kappa shape index (κ3) is 12.6. The van der Waals surface area contributed by atoms with Gasteiger partial charge in [-0.15, -0.1) is 47.3 Å². The fourth-order valence-electron chi connectivity index (χ4n) is 8.11. The van der Waals surface area contributed by atoms with E-state index in [-0.39, 0.29) is 10.6 Å². The Hall–Kier alpha value is -0.455. The molecule has 0 atom stereocenters. The van der Waals surface area contributed by atoms with Crippen molar-refractivity contribution in [2.45, 2.75) is 160 Å². The average molecular weight is 797 g/mol. The van der Waals surface area contributed by atoms with Crippen LogP contribution in [0.4, 0.5) is 0 Å². The normalized spacial score (nSPS) is 20.3. The molecule has 2 aromatic rings. The first kappa shape index (κ1) is 38.0. The zero-order valence-electron chi connectivity index (χ0n) is 26.5. The van der Waals surface area contributed by atoms with E-state index >= 15 is 0 Å². The molecule has 4 aliphatic carbocycles. The number of rotatable bonds is 5. The summed E-state index contributed by atoms with van der Waals surface area (Å²) in [6.07, 6.45) is 27.4. The molecule has 0 bridgehead atoms. The van der Waals surface area contributed by atoms with E-state index in [1.165, 1.54) is 140 Å². The lowest BCUT2D eigenvalue weighted by Crippen LogP contribution is -2.08. The summed E-state index contributed by atoms with van der Waals surface area (Å²) in [7, 11) is 1.81. The lowest BCUT2D eigenvalue weighted by atomic mass is 9.80. The molecular formula is C38H58BBr3O2. The van der Waals surface area contributed by atoms with Crippen molar-refractivity contribution in [3.63, 3.8) is 0 Å². The smallest absolute Gasteiger partial charge is 0.369 e. The van der Waals surface area contributed by atoms with Crippen molar-refractivity contribution in [3.05, 3.63) is 58.7 Å². The van der Waals surface area contributed by atoms with Gasteiger partial charge in [-0.3, -0.25) is 0 Å². The second kappa shape index (κ2) is 20.7. The van der Waals surface area contributed by atoms with Crippen LogP contribution in [0.15, 0.2) is 36.4 Å². The summed E-state index contributed by atoms with van der Waals surface area (Å²) >= 11 is 9.31. The first-order valence-corrected chi connectivity index (χ1v) is 20.1. The molecule has 2 aromatic carbocycles. The maximum Gasteiger partial charge on any atom is 0.369 e. The number of halogens is 3. The second-order valence-electron chi connectivity index (χ2n) is 13.5. The largest absolute Gasteiger partial charge is 0.508 e. The lowest BCUT2D eigenvalue weighted by Gasteiger charge is -2.26.